The second-order valence-electron chi connectivity index (χ2n) is 14.5. The molecule has 3 aromatic rings. The zero-order chi connectivity index (χ0) is 32.7. The summed E-state index contributed by atoms with van der Waals surface area (Å²) in [5.41, 5.74) is 5.17. The predicted molar refractivity (Wildman–Crippen MR) is 190 cm³/mol. The molecule has 0 radical (unpaired) electrons. The molecule has 0 aliphatic carbocycles. The van der Waals surface area contributed by atoms with Gasteiger partial charge in [0.15, 0.2) is 0 Å². The number of nitrogens with one attached hydrogen (secondary N) is 2. The summed E-state index contributed by atoms with van der Waals surface area (Å²) in [6.45, 7) is 10.6. The van der Waals surface area contributed by atoms with E-state index in [0.717, 1.165) is 45.6 Å². The number of thiol groups is 1. The number of rotatable bonds is 13. The highest BCUT2D eigenvalue weighted by Crippen LogP contribution is 2.54. The molecule has 8 nitrogen and oxygen atoms in total. The van der Waals surface area contributed by atoms with Crippen LogP contribution in [0, 0.1) is 13.8 Å². The lowest BCUT2D eigenvalue weighted by Gasteiger charge is -2.46. The molecule has 0 saturated heterocycles. The topological polar surface area (TPSA) is 94.5 Å². The summed E-state index contributed by atoms with van der Waals surface area (Å²) in [5, 5.41) is 10.5. The van der Waals surface area contributed by atoms with E-state index in [4.69, 9.17) is 14.6 Å². The van der Waals surface area contributed by atoms with Gasteiger partial charge in [0.05, 0.1) is 12.3 Å². The maximum absolute atomic E-state index is 13.4. The molecule has 3 rings (SSSR count). The SMILES string of the molecule is Cc1nn(COCC[SH](C)(C)(C)C)c(C)c1-c1ccc(NC(=O)C(CCCc2ccc(Br)cc2)NC(=O)OC(C)(C)C)cc1. The summed E-state index contributed by atoms with van der Waals surface area (Å²) in [4.78, 5) is 25.9. The number of carbonyl (C=O) groups excluding carboxylic acids is 2. The maximum Gasteiger partial charge on any atom is 0.408 e. The van der Waals surface area contributed by atoms with Crippen molar-refractivity contribution in [1.29, 1.82) is 0 Å². The Morgan fingerprint density at radius 1 is 1.00 bits per heavy atom. The largest absolute Gasteiger partial charge is 0.444 e. The highest BCUT2D eigenvalue weighted by atomic mass is 79.9. The second-order valence-corrected chi connectivity index (χ2v) is 23.8. The van der Waals surface area contributed by atoms with Crippen LogP contribution in [0.5, 0.6) is 0 Å². The van der Waals surface area contributed by atoms with Crippen molar-refractivity contribution in [1.82, 2.24) is 15.1 Å². The minimum atomic E-state index is -1.61. The molecule has 2 N–H and O–H groups in total. The fourth-order valence-electron chi connectivity index (χ4n) is 4.65. The first-order valence-corrected chi connectivity index (χ1v) is 20.1. The maximum atomic E-state index is 13.4. The van der Waals surface area contributed by atoms with E-state index in [0.29, 0.717) is 25.4 Å². The fraction of sp³-hybridized carbons (Fsp3) is 0.500. The van der Waals surface area contributed by atoms with Gasteiger partial charge in [0.1, 0.15) is 18.4 Å². The van der Waals surface area contributed by atoms with Gasteiger partial charge in [-0.05, 0) is 120 Å². The lowest BCUT2D eigenvalue weighted by molar-refractivity contribution is -0.118. The Labute approximate surface area is 272 Å². The number of aromatic nitrogens is 2. The number of alkyl carbamates (subject to hydrolysis) is 1. The van der Waals surface area contributed by atoms with Crippen LogP contribution in [0.25, 0.3) is 11.1 Å². The first kappa shape index (κ1) is 35.7. The standard InChI is InChI=1S/C34H51BrN4O4S/c1-24-31(25(2)39(38-24)23-42-21-22-44(6,7,8)9)27-15-19-29(20-16-27)36-32(40)30(37-33(41)43-34(3,4)5)12-10-11-26-13-17-28(35)18-14-26/h13-20,30,44H,10-12,21-23H2,1-9H3,(H,36,40)(H,37,41). The van der Waals surface area contributed by atoms with Gasteiger partial charge in [0.2, 0.25) is 5.91 Å². The summed E-state index contributed by atoms with van der Waals surface area (Å²) >= 11 is 3.46. The van der Waals surface area contributed by atoms with Gasteiger partial charge in [-0.1, -0.05) is 40.2 Å². The Morgan fingerprint density at radius 3 is 2.23 bits per heavy atom. The molecule has 0 aliphatic rings. The molecule has 1 aromatic heterocycles. The van der Waals surface area contributed by atoms with Gasteiger partial charge in [-0.25, -0.2) is 9.48 Å². The fourth-order valence-corrected chi connectivity index (χ4v) is 5.77. The van der Waals surface area contributed by atoms with E-state index >= 15 is 0 Å². The van der Waals surface area contributed by atoms with Crippen LogP contribution in [0.15, 0.2) is 53.0 Å². The van der Waals surface area contributed by atoms with Gasteiger partial charge < -0.3 is 20.1 Å². The molecular formula is C34H51BrN4O4S. The van der Waals surface area contributed by atoms with Crippen molar-refractivity contribution in [3.63, 3.8) is 0 Å². The van der Waals surface area contributed by atoms with E-state index in [1.807, 2.05) is 48.0 Å². The number of aryl methyl sites for hydroxylation is 2. The molecule has 44 heavy (non-hydrogen) atoms. The van der Waals surface area contributed by atoms with E-state index in [1.165, 1.54) is 5.56 Å². The van der Waals surface area contributed by atoms with E-state index in [-0.39, 0.29) is 5.91 Å². The Kier molecular flexibility index (Phi) is 11.8. The first-order chi connectivity index (χ1) is 20.4. The molecule has 0 saturated carbocycles. The third-order valence-electron chi connectivity index (χ3n) is 7.05. The molecule has 0 bridgehead atoms. The van der Waals surface area contributed by atoms with Crippen molar-refractivity contribution in [2.45, 2.75) is 72.3 Å². The van der Waals surface area contributed by atoms with Crippen LogP contribution in [0.1, 0.15) is 50.6 Å². The lowest BCUT2D eigenvalue weighted by atomic mass is 10.0. The Hall–Kier alpha value is -2.82. The molecule has 2 aromatic carbocycles. The van der Waals surface area contributed by atoms with Crippen LogP contribution in [0.2, 0.25) is 0 Å². The minimum absolute atomic E-state index is 0.288. The van der Waals surface area contributed by atoms with Crippen molar-refractivity contribution >= 4 is 42.8 Å². The molecule has 0 aliphatic heterocycles. The molecule has 2 amide bonds. The van der Waals surface area contributed by atoms with Gasteiger partial charge in [-0.2, -0.15) is 5.10 Å². The van der Waals surface area contributed by atoms with Crippen LogP contribution in [-0.2, 0) is 27.4 Å². The number of anilines is 1. The smallest absolute Gasteiger partial charge is 0.408 e. The number of ether oxygens (including phenoxy) is 2. The predicted octanol–water partition coefficient (Wildman–Crippen LogP) is 7.35. The summed E-state index contributed by atoms with van der Waals surface area (Å²) in [6.07, 6.45) is 10.8. The quantitative estimate of drug-likeness (QED) is 0.129. The van der Waals surface area contributed by atoms with E-state index in [1.54, 1.807) is 20.8 Å². The van der Waals surface area contributed by atoms with Crippen molar-refractivity contribution < 1.29 is 19.1 Å². The van der Waals surface area contributed by atoms with Gasteiger partial charge in [0.25, 0.3) is 0 Å². The van der Waals surface area contributed by atoms with Crippen LogP contribution in [-0.4, -0.2) is 70.8 Å². The average Bonchev–Trinajstić information content (AvgIpc) is 3.18. The number of benzene rings is 2. The number of amides is 2. The Morgan fingerprint density at radius 2 is 1.64 bits per heavy atom. The average molecular weight is 692 g/mol. The van der Waals surface area contributed by atoms with E-state index in [9.17, 15) is 9.59 Å². The molecule has 244 valence electrons. The van der Waals surface area contributed by atoms with Gasteiger partial charge >= 0.3 is 6.09 Å². The summed E-state index contributed by atoms with van der Waals surface area (Å²) in [5.74, 6) is 0.785. The number of nitrogens with zero attached hydrogens (tertiary/aromatic N) is 2. The highest BCUT2D eigenvalue weighted by molar-refractivity contribution is 9.10. The normalized spacial score (nSPS) is 13.5. The van der Waals surface area contributed by atoms with Crippen molar-refractivity contribution in [3.05, 3.63) is 70.0 Å². The van der Waals surface area contributed by atoms with Crippen LogP contribution >= 0.6 is 25.1 Å². The molecule has 1 heterocycles. The van der Waals surface area contributed by atoms with Gasteiger partial charge in [0, 0.05) is 21.4 Å². The monoisotopic (exact) mass is 690 g/mol. The van der Waals surface area contributed by atoms with Crippen molar-refractivity contribution in [2.24, 2.45) is 0 Å². The molecule has 1 atom stereocenters. The number of hydrogen-bond acceptors (Lipinski definition) is 5. The third kappa shape index (κ3) is 11.9. The summed E-state index contributed by atoms with van der Waals surface area (Å²) < 4.78 is 14.4. The molecular weight excluding hydrogens is 640 g/mol. The Bertz CT molecular complexity index is 1410. The minimum Gasteiger partial charge on any atom is -0.444 e. The van der Waals surface area contributed by atoms with Gasteiger partial charge in [-0.3, -0.25) is 14.0 Å². The lowest BCUT2D eigenvalue weighted by Crippen LogP contribution is -2.45. The van der Waals surface area contributed by atoms with E-state index < -0.39 is 26.9 Å². The molecule has 10 heteroatoms. The molecule has 0 fully saturated rings. The van der Waals surface area contributed by atoms with Crippen LogP contribution in [0.3, 0.4) is 0 Å². The molecule has 0 spiro atoms. The second kappa shape index (κ2) is 14.5. The number of carbonyl (C=O) groups is 2. The molecule has 1 unspecified atom stereocenters. The third-order valence-corrected chi connectivity index (χ3v) is 9.55. The van der Waals surface area contributed by atoms with Gasteiger partial charge in [-0.15, -0.1) is 0 Å². The summed E-state index contributed by atoms with van der Waals surface area (Å²) in [6, 6.07) is 15.1. The zero-order valence-electron chi connectivity index (χ0n) is 27.8. The first-order valence-electron chi connectivity index (χ1n) is 15.1. The Balaban J connectivity index is 1.66. The summed E-state index contributed by atoms with van der Waals surface area (Å²) in [7, 11) is -1.61. The number of halogens is 1. The van der Waals surface area contributed by atoms with E-state index in [2.05, 4.69) is 70.6 Å². The zero-order valence-corrected chi connectivity index (χ0v) is 30.3. The number of hydrogen-bond donors (Lipinski definition) is 3. The van der Waals surface area contributed by atoms with Crippen LogP contribution in [0.4, 0.5) is 10.5 Å². The van der Waals surface area contributed by atoms with Crippen LogP contribution < -0.4 is 10.6 Å². The van der Waals surface area contributed by atoms with Crippen molar-refractivity contribution in [3.8, 4) is 11.1 Å². The van der Waals surface area contributed by atoms with Crippen molar-refractivity contribution in [2.75, 3.05) is 42.7 Å². The highest BCUT2D eigenvalue weighted by Gasteiger charge is 2.25.